The van der Waals surface area contributed by atoms with Crippen molar-refractivity contribution in [2.24, 2.45) is 0 Å². The Hall–Kier alpha value is -0.880. The third-order valence-corrected chi connectivity index (χ3v) is 2.99. The molecule has 78 valence electrons. The summed E-state index contributed by atoms with van der Waals surface area (Å²) >= 11 is 5.56. The third-order valence-electron chi connectivity index (χ3n) is 1.34. The van der Waals surface area contributed by atoms with Gasteiger partial charge in [0.1, 0.15) is 5.15 Å². The normalized spacial score (nSPS) is 11.3. The van der Waals surface area contributed by atoms with Gasteiger partial charge in [0.05, 0.1) is 5.75 Å². The van der Waals surface area contributed by atoms with Gasteiger partial charge in [-0.15, -0.1) is 0 Å². The molecule has 0 amide bonds. The van der Waals surface area contributed by atoms with Crippen LogP contribution in [0, 0.1) is 0 Å². The molecular formula is C7H10ClN3O2S. The van der Waals surface area contributed by atoms with E-state index in [1.54, 1.807) is 6.92 Å². The van der Waals surface area contributed by atoms with Gasteiger partial charge in [0, 0.05) is 6.20 Å². The van der Waals surface area contributed by atoms with E-state index in [-0.39, 0.29) is 16.9 Å². The zero-order valence-electron chi connectivity index (χ0n) is 7.57. The van der Waals surface area contributed by atoms with Gasteiger partial charge in [0.2, 0.25) is 16.0 Å². The van der Waals surface area contributed by atoms with E-state index in [0.717, 1.165) is 0 Å². The summed E-state index contributed by atoms with van der Waals surface area (Å²) in [5, 5.41) is 0.203. The van der Waals surface area contributed by atoms with E-state index in [9.17, 15) is 8.42 Å². The molecule has 14 heavy (non-hydrogen) atoms. The van der Waals surface area contributed by atoms with Crippen molar-refractivity contribution in [3.63, 3.8) is 0 Å². The van der Waals surface area contributed by atoms with Crippen LogP contribution in [0.5, 0.6) is 0 Å². The second-order valence-electron chi connectivity index (χ2n) is 2.62. The number of nitrogens with zero attached hydrogens (tertiary/aromatic N) is 2. The van der Waals surface area contributed by atoms with Crippen LogP contribution in [0.3, 0.4) is 0 Å². The molecule has 1 aromatic rings. The lowest BCUT2D eigenvalue weighted by atomic mass is 10.6. The first-order valence-corrected chi connectivity index (χ1v) is 6.05. The van der Waals surface area contributed by atoms with E-state index in [1.807, 2.05) is 0 Å². The maximum atomic E-state index is 11.3. The topological polar surface area (TPSA) is 72.0 Å². The van der Waals surface area contributed by atoms with E-state index in [1.165, 1.54) is 12.3 Å². The lowest BCUT2D eigenvalue weighted by Gasteiger charge is -2.04. The molecule has 0 spiro atoms. The van der Waals surface area contributed by atoms with Crippen molar-refractivity contribution in [3.8, 4) is 0 Å². The molecule has 0 aliphatic rings. The standard InChI is InChI=1S/C7H10ClN3O2S/c1-2-5-14(12,13)11-7-9-4-3-6(8)10-7/h3-4H,2,5H2,1H3,(H,9,10,11). The molecule has 0 saturated carbocycles. The predicted molar refractivity (Wildman–Crippen MR) is 54.7 cm³/mol. The molecule has 1 N–H and O–H groups in total. The minimum absolute atomic E-state index is 0.00551. The minimum atomic E-state index is -3.34. The van der Waals surface area contributed by atoms with Crippen molar-refractivity contribution < 1.29 is 8.42 Å². The fraction of sp³-hybridized carbons (Fsp3) is 0.429. The highest BCUT2D eigenvalue weighted by Crippen LogP contribution is 2.07. The van der Waals surface area contributed by atoms with E-state index in [2.05, 4.69) is 14.7 Å². The molecule has 1 rings (SSSR count). The van der Waals surface area contributed by atoms with Crippen LogP contribution in [0.1, 0.15) is 13.3 Å². The lowest BCUT2D eigenvalue weighted by Crippen LogP contribution is -2.17. The van der Waals surface area contributed by atoms with Gasteiger partial charge in [-0.3, -0.25) is 4.72 Å². The number of hydrogen-bond acceptors (Lipinski definition) is 4. The van der Waals surface area contributed by atoms with E-state index in [4.69, 9.17) is 11.6 Å². The van der Waals surface area contributed by atoms with Gasteiger partial charge in [0.25, 0.3) is 0 Å². The van der Waals surface area contributed by atoms with Crippen molar-refractivity contribution >= 4 is 27.6 Å². The van der Waals surface area contributed by atoms with Gasteiger partial charge in [-0.1, -0.05) is 18.5 Å². The Morgan fingerprint density at radius 1 is 1.57 bits per heavy atom. The summed E-state index contributed by atoms with van der Waals surface area (Å²) in [7, 11) is -3.34. The predicted octanol–water partition coefficient (Wildman–Crippen LogP) is 1.28. The highest BCUT2D eigenvalue weighted by Gasteiger charge is 2.10. The van der Waals surface area contributed by atoms with E-state index in [0.29, 0.717) is 6.42 Å². The molecule has 0 aromatic carbocycles. The zero-order chi connectivity index (χ0) is 10.6. The molecule has 0 saturated heterocycles. The van der Waals surface area contributed by atoms with E-state index < -0.39 is 10.0 Å². The second-order valence-corrected chi connectivity index (χ2v) is 4.85. The largest absolute Gasteiger partial charge is 0.251 e. The first-order valence-electron chi connectivity index (χ1n) is 4.02. The molecule has 1 aromatic heterocycles. The summed E-state index contributed by atoms with van der Waals surface area (Å²) in [5.41, 5.74) is 0. The van der Waals surface area contributed by atoms with Crippen LogP contribution >= 0.6 is 11.6 Å². The number of rotatable bonds is 4. The molecule has 1 heterocycles. The number of nitrogens with one attached hydrogen (secondary N) is 1. The second kappa shape index (κ2) is 4.56. The van der Waals surface area contributed by atoms with Gasteiger partial charge in [0.15, 0.2) is 0 Å². The Morgan fingerprint density at radius 3 is 2.86 bits per heavy atom. The molecule has 0 radical (unpaired) electrons. The Labute approximate surface area is 87.6 Å². The van der Waals surface area contributed by atoms with Crippen LogP contribution in [0.4, 0.5) is 5.95 Å². The molecule has 0 atom stereocenters. The van der Waals surface area contributed by atoms with Crippen molar-refractivity contribution in [2.75, 3.05) is 10.5 Å². The van der Waals surface area contributed by atoms with E-state index >= 15 is 0 Å². The number of sulfonamides is 1. The molecule has 0 aliphatic carbocycles. The highest BCUT2D eigenvalue weighted by atomic mass is 35.5. The van der Waals surface area contributed by atoms with Crippen molar-refractivity contribution in [2.45, 2.75) is 13.3 Å². The monoisotopic (exact) mass is 235 g/mol. The summed E-state index contributed by atoms with van der Waals surface area (Å²) in [4.78, 5) is 7.43. The Bertz CT molecular complexity index is 407. The average molecular weight is 236 g/mol. The van der Waals surface area contributed by atoms with Crippen LogP contribution in [-0.2, 0) is 10.0 Å². The van der Waals surface area contributed by atoms with Gasteiger partial charge < -0.3 is 0 Å². The molecule has 7 heteroatoms. The van der Waals surface area contributed by atoms with Crippen LogP contribution in [0.15, 0.2) is 12.3 Å². The van der Waals surface area contributed by atoms with Crippen LogP contribution in [0.25, 0.3) is 0 Å². The number of halogens is 1. The van der Waals surface area contributed by atoms with Crippen LogP contribution < -0.4 is 4.72 Å². The number of hydrogen-bond donors (Lipinski definition) is 1. The Morgan fingerprint density at radius 2 is 2.29 bits per heavy atom. The fourth-order valence-electron chi connectivity index (χ4n) is 0.845. The number of anilines is 1. The minimum Gasteiger partial charge on any atom is -0.251 e. The molecule has 0 aliphatic heterocycles. The SMILES string of the molecule is CCCS(=O)(=O)Nc1nccc(Cl)n1. The summed E-state index contributed by atoms with van der Waals surface area (Å²) in [6.45, 7) is 1.78. The van der Waals surface area contributed by atoms with Crippen molar-refractivity contribution in [1.29, 1.82) is 0 Å². The molecule has 0 fully saturated rings. The smallest absolute Gasteiger partial charge is 0.237 e. The maximum Gasteiger partial charge on any atom is 0.237 e. The first kappa shape index (κ1) is 11.2. The van der Waals surface area contributed by atoms with Gasteiger partial charge in [-0.25, -0.2) is 18.4 Å². The Kier molecular flexibility index (Phi) is 3.65. The molecular weight excluding hydrogens is 226 g/mol. The third kappa shape index (κ3) is 3.47. The van der Waals surface area contributed by atoms with Crippen molar-refractivity contribution in [3.05, 3.63) is 17.4 Å². The fourth-order valence-corrected chi connectivity index (χ4v) is 2.00. The first-order chi connectivity index (χ1) is 6.53. The summed E-state index contributed by atoms with van der Waals surface area (Å²) in [6, 6.07) is 1.47. The summed E-state index contributed by atoms with van der Waals surface area (Å²) in [6.07, 6.45) is 1.93. The zero-order valence-corrected chi connectivity index (χ0v) is 9.14. The van der Waals surface area contributed by atoms with Crippen molar-refractivity contribution in [1.82, 2.24) is 9.97 Å². The highest BCUT2D eigenvalue weighted by molar-refractivity contribution is 7.92. The lowest BCUT2D eigenvalue weighted by molar-refractivity contribution is 0.599. The Balaban J connectivity index is 2.79. The van der Waals surface area contributed by atoms with Gasteiger partial charge in [-0.2, -0.15) is 0 Å². The summed E-state index contributed by atoms with van der Waals surface area (Å²) in [5.74, 6) is 0.0500. The quantitative estimate of drug-likeness (QED) is 0.798. The van der Waals surface area contributed by atoms with Crippen LogP contribution in [0.2, 0.25) is 5.15 Å². The average Bonchev–Trinajstić information content (AvgIpc) is 2.02. The van der Waals surface area contributed by atoms with Crippen LogP contribution in [-0.4, -0.2) is 24.1 Å². The molecule has 5 nitrogen and oxygen atoms in total. The number of aromatic nitrogens is 2. The maximum absolute atomic E-state index is 11.3. The molecule has 0 unspecified atom stereocenters. The molecule has 0 bridgehead atoms. The summed E-state index contributed by atoms with van der Waals surface area (Å²) < 4.78 is 24.8. The van der Waals surface area contributed by atoms with Gasteiger partial charge in [-0.05, 0) is 12.5 Å². The van der Waals surface area contributed by atoms with Gasteiger partial charge >= 0.3 is 0 Å².